The quantitative estimate of drug-likeness (QED) is 0.408. The lowest BCUT2D eigenvalue weighted by atomic mass is 10.1. The molecule has 1 amide bonds. The van der Waals surface area contributed by atoms with Gasteiger partial charge in [-0.05, 0) is 44.4 Å². The number of halogens is 2. The molecule has 4 aromatic rings. The Morgan fingerprint density at radius 3 is 2.70 bits per heavy atom. The molecule has 134 valence electrons. The van der Waals surface area contributed by atoms with E-state index in [4.69, 9.17) is 0 Å². The topological polar surface area (TPSA) is 77.8 Å². The highest BCUT2D eigenvalue weighted by Gasteiger charge is 2.15. The Morgan fingerprint density at radius 2 is 1.89 bits per heavy atom. The maximum Gasteiger partial charge on any atom is 0.269 e. The molecule has 7 heteroatoms. The summed E-state index contributed by atoms with van der Waals surface area (Å²) in [7, 11) is 0. The SMILES string of the molecule is O=C(Cc1ccc2ccccc2c1)N=Nc1c(O)[nH]c2c(Br)cc(F)cc12. The molecule has 0 bridgehead atoms. The van der Waals surface area contributed by atoms with Gasteiger partial charge in [-0.2, -0.15) is 0 Å². The fraction of sp³-hybridized carbons (Fsp3) is 0.0500. The van der Waals surface area contributed by atoms with E-state index in [0.29, 0.717) is 15.4 Å². The van der Waals surface area contributed by atoms with Crippen LogP contribution in [0.25, 0.3) is 21.7 Å². The van der Waals surface area contributed by atoms with Gasteiger partial charge in [0, 0.05) is 9.86 Å². The van der Waals surface area contributed by atoms with Gasteiger partial charge in [0.2, 0.25) is 5.88 Å². The van der Waals surface area contributed by atoms with E-state index in [1.54, 1.807) is 0 Å². The molecule has 0 radical (unpaired) electrons. The third-order valence-corrected chi connectivity index (χ3v) is 4.83. The number of hydrogen-bond donors (Lipinski definition) is 2. The molecule has 0 unspecified atom stereocenters. The highest BCUT2D eigenvalue weighted by Crippen LogP contribution is 2.39. The van der Waals surface area contributed by atoms with Crippen molar-refractivity contribution in [1.29, 1.82) is 0 Å². The van der Waals surface area contributed by atoms with Gasteiger partial charge in [-0.25, -0.2) is 4.39 Å². The molecule has 1 heterocycles. The Bertz CT molecular complexity index is 1220. The first-order chi connectivity index (χ1) is 13.0. The number of aromatic amines is 1. The lowest BCUT2D eigenvalue weighted by Crippen LogP contribution is -1.97. The third kappa shape index (κ3) is 3.46. The second-order valence-electron chi connectivity index (χ2n) is 6.08. The minimum Gasteiger partial charge on any atom is -0.493 e. The largest absolute Gasteiger partial charge is 0.493 e. The summed E-state index contributed by atoms with van der Waals surface area (Å²) < 4.78 is 14.1. The van der Waals surface area contributed by atoms with Crippen LogP contribution in [0, 0.1) is 5.82 Å². The molecular formula is C20H13BrFN3O2. The molecule has 2 N–H and O–H groups in total. The number of aromatic nitrogens is 1. The van der Waals surface area contributed by atoms with Crippen molar-refractivity contribution in [3.8, 4) is 5.88 Å². The predicted molar refractivity (Wildman–Crippen MR) is 105 cm³/mol. The smallest absolute Gasteiger partial charge is 0.269 e. The summed E-state index contributed by atoms with van der Waals surface area (Å²) >= 11 is 3.22. The van der Waals surface area contributed by atoms with E-state index in [1.165, 1.54) is 12.1 Å². The van der Waals surface area contributed by atoms with Gasteiger partial charge in [-0.15, -0.1) is 10.2 Å². The highest BCUT2D eigenvalue weighted by molar-refractivity contribution is 9.10. The van der Waals surface area contributed by atoms with Gasteiger partial charge in [0.1, 0.15) is 5.82 Å². The standard InChI is InChI=1S/C20H13BrFN3O2/c21-16-10-14(22)9-15-18(16)23-20(27)19(15)25-24-17(26)8-11-5-6-12-3-1-2-4-13(12)7-11/h1-7,9-10,23,27H,8H2. The van der Waals surface area contributed by atoms with Gasteiger partial charge >= 0.3 is 0 Å². The van der Waals surface area contributed by atoms with E-state index in [9.17, 15) is 14.3 Å². The summed E-state index contributed by atoms with van der Waals surface area (Å²) in [5, 5.41) is 20.0. The number of nitrogens with one attached hydrogen (secondary N) is 1. The fourth-order valence-electron chi connectivity index (χ4n) is 2.96. The van der Waals surface area contributed by atoms with E-state index in [-0.39, 0.29) is 18.0 Å². The van der Waals surface area contributed by atoms with Crippen LogP contribution in [0.15, 0.2) is 69.3 Å². The number of carbonyl (C=O) groups excluding carboxylic acids is 1. The first-order valence-electron chi connectivity index (χ1n) is 8.13. The van der Waals surface area contributed by atoms with Crippen molar-refractivity contribution in [1.82, 2.24) is 4.98 Å². The maximum absolute atomic E-state index is 13.6. The Morgan fingerprint density at radius 1 is 1.11 bits per heavy atom. The molecule has 27 heavy (non-hydrogen) atoms. The van der Waals surface area contributed by atoms with E-state index in [0.717, 1.165) is 16.3 Å². The zero-order valence-electron chi connectivity index (χ0n) is 13.9. The molecule has 0 fully saturated rings. The van der Waals surface area contributed by atoms with Crippen molar-refractivity contribution in [2.24, 2.45) is 10.2 Å². The fourth-order valence-corrected chi connectivity index (χ4v) is 3.49. The van der Waals surface area contributed by atoms with Crippen LogP contribution >= 0.6 is 15.9 Å². The lowest BCUT2D eigenvalue weighted by Gasteiger charge is -2.01. The summed E-state index contributed by atoms with van der Waals surface area (Å²) in [4.78, 5) is 14.9. The number of azo groups is 1. The van der Waals surface area contributed by atoms with Crippen LogP contribution in [0.3, 0.4) is 0 Å². The van der Waals surface area contributed by atoms with Gasteiger partial charge < -0.3 is 10.1 Å². The van der Waals surface area contributed by atoms with E-state index in [2.05, 4.69) is 31.1 Å². The second-order valence-corrected chi connectivity index (χ2v) is 6.94. The molecular weight excluding hydrogens is 413 g/mol. The average molecular weight is 426 g/mol. The van der Waals surface area contributed by atoms with Gasteiger partial charge in [-0.3, -0.25) is 4.79 Å². The van der Waals surface area contributed by atoms with Crippen LogP contribution < -0.4 is 0 Å². The molecule has 5 nitrogen and oxygen atoms in total. The lowest BCUT2D eigenvalue weighted by molar-refractivity contribution is -0.117. The van der Waals surface area contributed by atoms with Gasteiger partial charge in [-0.1, -0.05) is 42.5 Å². The Hall–Kier alpha value is -3.06. The summed E-state index contributed by atoms with van der Waals surface area (Å²) in [5.41, 5.74) is 1.32. The average Bonchev–Trinajstić information content (AvgIpc) is 2.95. The van der Waals surface area contributed by atoms with Crippen LogP contribution in [0.1, 0.15) is 5.56 Å². The van der Waals surface area contributed by atoms with E-state index < -0.39 is 11.7 Å². The van der Waals surface area contributed by atoms with Crippen molar-refractivity contribution in [2.75, 3.05) is 0 Å². The van der Waals surface area contributed by atoms with Gasteiger partial charge in [0.05, 0.1) is 11.9 Å². The first kappa shape index (κ1) is 17.4. The summed E-state index contributed by atoms with van der Waals surface area (Å²) in [6.45, 7) is 0. The van der Waals surface area contributed by atoms with E-state index >= 15 is 0 Å². The van der Waals surface area contributed by atoms with E-state index in [1.807, 2.05) is 42.5 Å². The number of amides is 1. The Kier molecular flexibility index (Phi) is 4.45. The molecule has 0 aliphatic rings. The zero-order chi connectivity index (χ0) is 19.0. The normalized spacial score (nSPS) is 11.6. The number of nitrogens with zero attached hydrogens (tertiary/aromatic N) is 2. The predicted octanol–water partition coefficient (Wildman–Crippen LogP) is 5.78. The molecule has 0 saturated heterocycles. The molecule has 4 rings (SSSR count). The molecule has 0 saturated carbocycles. The molecule has 0 atom stereocenters. The van der Waals surface area contributed by atoms with Crippen molar-refractivity contribution < 1.29 is 14.3 Å². The molecule has 0 aliphatic carbocycles. The number of carbonyl (C=O) groups is 1. The van der Waals surface area contributed by atoms with Crippen LogP contribution in [0.4, 0.5) is 10.1 Å². The summed E-state index contributed by atoms with van der Waals surface area (Å²) in [6, 6.07) is 16.1. The van der Waals surface area contributed by atoms with Gasteiger partial charge in [0.15, 0.2) is 5.69 Å². The molecule has 1 aromatic heterocycles. The number of benzene rings is 3. The first-order valence-corrected chi connectivity index (χ1v) is 8.92. The molecule has 3 aromatic carbocycles. The molecule has 0 aliphatic heterocycles. The minimum atomic E-state index is -0.493. The number of rotatable bonds is 3. The van der Waals surface area contributed by atoms with Gasteiger partial charge in [0.25, 0.3) is 5.91 Å². The number of fused-ring (bicyclic) bond motifs is 2. The highest BCUT2D eigenvalue weighted by atomic mass is 79.9. The van der Waals surface area contributed by atoms with Crippen molar-refractivity contribution in [2.45, 2.75) is 6.42 Å². The zero-order valence-corrected chi connectivity index (χ0v) is 15.5. The Labute approximate surface area is 161 Å². The van der Waals surface area contributed by atoms with Crippen molar-refractivity contribution >= 4 is 49.2 Å². The van der Waals surface area contributed by atoms with Crippen LogP contribution in [-0.4, -0.2) is 16.0 Å². The number of aromatic hydroxyl groups is 1. The maximum atomic E-state index is 13.6. The second kappa shape index (κ2) is 6.92. The van der Waals surface area contributed by atoms with Crippen LogP contribution in [0.2, 0.25) is 0 Å². The minimum absolute atomic E-state index is 0.0251. The summed E-state index contributed by atoms with van der Waals surface area (Å²) in [6.07, 6.45) is 0.0789. The number of hydrogen-bond acceptors (Lipinski definition) is 3. The third-order valence-electron chi connectivity index (χ3n) is 4.21. The van der Waals surface area contributed by atoms with Crippen molar-refractivity contribution in [3.05, 3.63) is 70.5 Å². The molecule has 0 spiro atoms. The van der Waals surface area contributed by atoms with Crippen molar-refractivity contribution in [3.63, 3.8) is 0 Å². The summed E-state index contributed by atoms with van der Waals surface area (Å²) in [5.74, 6) is -1.24. The Balaban J connectivity index is 1.60. The monoisotopic (exact) mass is 425 g/mol. The van der Waals surface area contributed by atoms with Crippen LogP contribution in [-0.2, 0) is 11.2 Å². The number of H-pyrrole nitrogens is 1. The van der Waals surface area contributed by atoms with Crippen LogP contribution in [0.5, 0.6) is 5.88 Å².